The van der Waals surface area contributed by atoms with Gasteiger partial charge in [0.1, 0.15) is 11.6 Å². The number of halogens is 1. The first-order valence-electron chi connectivity index (χ1n) is 8.60. The SMILES string of the molecule is CS(=O)(=O)N1CCCN(c2ccc3nnc(-c4cccc(F)c4)n3n2)CC1. The second kappa shape index (κ2) is 6.86. The number of anilines is 1. The van der Waals surface area contributed by atoms with Gasteiger partial charge in [-0.05, 0) is 30.7 Å². The number of benzene rings is 1. The lowest BCUT2D eigenvalue weighted by Gasteiger charge is -2.21. The molecule has 0 N–H and O–H groups in total. The molecule has 1 aliphatic rings. The summed E-state index contributed by atoms with van der Waals surface area (Å²) in [7, 11) is -3.20. The average Bonchev–Trinajstić information content (AvgIpc) is 2.87. The third-order valence-electron chi connectivity index (χ3n) is 4.58. The molecule has 0 spiro atoms. The summed E-state index contributed by atoms with van der Waals surface area (Å²) in [6, 6.07) is 9.78. The first kappa shape index (κ1) is 17.8. The van der Waals surface area contributed by atoms with Crippen LogP contribution in [-0.2, 0) is 10.0 Å². The van der Waals surface area contributed by atoms with Gasteiger partial charge in [0.2, 0.25) is 10.0 Å². The lowest BCUT2D eigenvalue weighted by Crippen LogP contribution is -2.34. The summed E-state index contributed by atoms with van der Waals surface area (Å²) in [6.07, 6.45) is 1.95. The Hall–Kier alpha value is -2.59. The van der Waals surface area contributed by atoms with Gasteiger partial charge in [-0.3, -0.25) is 0 Å². The number of rotatable bonds is 3. The van der Waals surface area contributed by atoms with Crippen molar-refractivity contribution in [1.29, 1.82) is 0 Å². The van der Waals surface area contributed by atoms with Crippen molar-refractivity contribution >= 4 is 21.5 Å². The maximum absolute atomic E-state index is 13.6. The monoisotopic (exact) mass is 390 g/mol. The number of hydrogen-bond donors (Lipinski definition) is 0. The van der Waals surface area contributed by atoms with E-state index in [-0.39, 0.29) is 5.82 Å². The molecule has 0 aliphatic carbocycles. The van der Waals surface area contributed by atoms with Gasteiger partial charge in [-0.2, -0.15) is 4.52 Å². The van der Waals surface area contributed by atoms with Crippen LogP contribution in [0.25, 0.3) is 17.0 Å². The molecule has 1 saturated heterocycles. The number of fused-ring (bicyclic) bond motifs is 1. The predicted octanol–water partition coefficient (Wildman–Crippen LogP) is 1.40. The molecule has 3 aromatic rings. The van der Waals surface area contributed by atoms with Crippen LogP contribution < -0.4 is 4.90 Å². The topological polar surface area (TPSA) is 83.7 Å². The lowest BCUT2D eigenvalue weighted by molar-refractivity contribution is 0.437. The molecule has 1 fully saturated rings. The van der Waals surface area contributed by atoms with E-state index in [1.165, 1.54) is 22.7 Å². The molecule has 0 saturated carbocycles. The third-order valence-corrected chi connectivity index (χ3v) is 5.88. The molecule has 142 valence electrons. The van der Waals surface area contributed by atoms with E-state index in [9.17, 15) is 12.8 Å². The molecular formula is C17H19FN6O2S. The maximum Gasteiger partial charge on any atom is 0.211 e. The van der Waals surface area contributed by atoms with E-state index in [1.807, 2.05) is 11.0 Å². The van der Waals surface area contributed by atoms with Crippen LogP contribution >= 0.6 is 0 Å². The summed E-state index contributed by atoms with van der Waals surface area (Å²) in [5.74, 6) is 0.808. The van der Waals surface area contributed by atoms with Gasteiger partial charge >= 0.3 is 0 Å². The maximum atomic E-state index is 13.6. The molecule has 4 rings (SSSR count). The highest BCUT2D eigenvalue weighted by Gasteiger charge is 2.22. The van der Waals surface area contributed by atoms with Crippen molar-refractivity contribution in [1.82, 2.24) is 24.1 Å². The molecule has 1 aromatic carbocycles. The molecule has 0 bridgehead atoms. The summed E-state index contributed by atoms with van der Waals surface area (Å²) in [6.45, 7) is 2.15. The highest BCUT2D eigenvalue weighted by Crippen LogP contribution is 2.21. The molecule has 1 aliphatic heterocycles. The summed E-state index contributed by atoms with van der Waals surface area (Å²) >= 11 is 0. The van der Waals surface area contributed by atoms with E-state index in [0.29, 0.717) is 55.5 Å². The number of sulfonamides is 1. The molecular weight excluding hydrogens is 371 g/mol. The van der Waals surface area contributed by atoms with E-state index in [0.717, 1.165) is 0 Å². The van der Waals surface area contributed by atoms with Gasteiger partial charge in [0.15, 0.2) is 11.5 Å². The van der Waals surface area contributed by atoms with E-state index < -0.39 is 10.0 Å². The van der Waals surface area contributed by atoms with Crippen LogP contribution in [0.1, 0.15) is 6.42 Å². The fourth-order valence-electron chi connectivity index (χ4n) is 3.21. The van der Waals surface area contributed by atoms with Crippen LogP contribution in [0.3, 0.4) is 0 Å². The van der Waals surface area contributed by atoms with Crippen LogP contribution in [0.5, 0.6) is 0 Å². The molecule has 3 heterocycles. The zero-order chi connectivity index (χ0) is 19.0. The van der Waals surface area contributed by atoms with Crippen LogP contribution in [0.15, 0.2) is 36.4 Å². The minimum absolute atomic E-state index is 0.353. The third kappa shape index (κ3) is 3.62. The second-order valence-corrected chi connectivity index (χ2v) is 8.48. The van der Waals surface area contributed by atoms with Crippen molar-refractivity contribution in [3.05, 3.63) is 42.2 Å². The van der Waals surface area contributed by atoms with Crippen molar-refractivity contribution in [2.75, 3.05) is 37.3 Å². The van der Waals surface area contributed by atoms with E-state index in [1.54, 1.807) is 22.7 Å². The highest BCUT2D eigenvalue weighted by atomic mass is 32.2. The van der Waals surface area contributed by atoms with Gasteiger partial charge in [-0.15, -0.1) is 15.3 Å². The smallest absolute Gasteiger partial charge is 0.211 e. The Labute approximate surface area is 156 Å². The molecule has 0 atom stereocenters. The second-order valence-electron chi connectivity index (χ2n) is 6.50. The van der Waals surface area contributed by atoms with Crippen LogP contribution in [0.4, 0.5) is 10.2 Å². The van der Waals surface area contributed by atoms with Crippen molar-refractivity contribution in [3.63, 3.8) is 0 Å². The largest absolute Gasteiger partial charge is 0.354 e. The first-order chi connectivity index (χ1) is 12.9. The van der Waals surface area contributed by atoms with E-state index in [2.05, 4.69) is 15.3 Å². The molecule has 0 amide bonds. The highest BCUT2D eigenvalue weighted by molar-refractivity contribution is 7.88. The van der Waals surface area contributed by atoms with Gasteiger partial charge in [0, 0.05) is 31.7 Å². The van der Waals surface area contributed by atoms with Gasteiger partial charge < -0.3 is 4.90 Å². The fourth-order valence-corrected chi connectivity index (χ4v) is 4.08. The Morgan fingerprint density at radius 1 is 1.04 bits per heavy atom. The van der Waals surface area contributed by atoms with Gasteiger partial charge in [-0.25, -0.2) is 17.1 Å². The minimum Gasteiger partial charge on any atom is -0.354 e. The number of hydrogen-bond acceptors (Lipinski definition) is 6. The van der Waals surface area contributed by atoms with Gasteiger partial charge in [0.05, 0.1) is 6.26 Å². The van der Waals surface area contributed by atoms with Crippen LogP contribution in [0.2, 0.25) is 0 Å². The summed E-state index contributed by atoms with van der Waals surface area (Å²) in [5, 5.41) is 12.9. The van der Waals surface area contributed by atoms with Crippen molar-refractivity contribution in [2.45, 2.75) is 6.42 Å². The normalized spacial score (nSPS) is 16.6. The summed E-state index contributed by atoms with van der Waals surface area (Å²) in [5.41, 5.74) is 1.15. The zero-order valence-corrected chi connectivity index (χ0v) is 15.6. The molecule has 10 heteroatoms. The standard InChI is InChI=1S/C17H19FN6O2S/c1-27(25,26)23-9-3-8-22(10-11-23)16-7-6-15-19-20-17(24(15)21-16)13-4-2-5-14(18)12-13/h2,4-7,12H,3,8-11H2,1H3. The Balaban J connectivity index is 1.66. The van der Waals surface area contributed by atoms with Gasteiger partial charge in [0.25, 0.3) is 0 Å². The Kier molecular flexibility index (Phi) is 4.52. The van der Waals surface area contributed by atoms with Crippen LogP contribution in [0, 0.1) is 5.82 Å². The first-order valence-corrected chi connectivity index (χ1v) is 10.5. The Morgan fingerprint density at radius 3 is 2.67 bits per heavy atom. The van der Waals surface area contributed by atoms with E-state index >= 15 is 0 Å². The Bertz CT molecular complexity index is 1080. The minimum atomic E-state index is -3.20. The molecule has 8 nitrogen and oxygen atoms in total. The Morgan fingerprint density at radius 2 is 1.89 bits per heavy atom. The molecule has 27 heavy (non-hydrogen) atoms. The molecule has 0 radical (unpaired) electrons. The van der Waals surface area contributed by atoms with Gasteiger partial charge in [-0.1, -0.05) is 12.1 Å². The van der Waals surface area contributed by atoms with Crippen LogP contribution in [-0.4, -0.2) is 65.0 Å². The lowest BCUT2D eigenvalue weighted by atomic mass is 10.2. The summed E-state index contributed by atoms with van der Waals surface area (Å²) in [4.78, 5) is 2.04. The quantitative estimate of drug-likeness (QED) is 0.672. The van der Waals surface area contributed by atoms with Crippen molar-refractivity contribution < 1.29 is 12.8 Å². The average molecular weight is 390 g/mol. The number of nitrogens with zero attached hydrogens (tertiary/aromatic N) is 6. The zero-order valence-electron chi connectivity index (χ0n) is 14.8. The predicted molar refractivity (Wildman–Crippen MR) is 99.4 cm³/mol. The van der Waals surface area contributed by atoms with Crippen molar-refractivity contribution in [3.8, 4) is 11.4 Å². The summed E-state index contributed by atoms with van der Waals surface area (Å²) < 4.78 is 40.2. The molecule has 2 aromatic heterocycles. The molecule has 0 unspecified atom stereocenters. The van der Waals surface area contributed by atoms with E-state index in [4.69, 9.17) is 0 Å². The fraction of sp³-hybridized carbons (Fsp3) is 0.353. The van der Waals surface area contributed by atoms with Crippen molar-refractivity contribution in [2.24, 2.45) is 0 Å². The number of aromatic nitrogens is 4.